The van der Waals surface area contributed by atoms with Crippen LogP contribution in [0.25, 0.3) is 5.57 Å². The van der Waals surface area contributed by atoms with Crippen LogP contribution in [0.2, 0.25) is 13.6 Å². The van der Waals surface area contributed by atoms with Gasteiger partial charge in [0.2, 0.25) is 0 Å². The van der Waals surface area contributed by atoms with E-state index in [2.05, 4.69) is 59.5 Å². The number of rotatable bonds is 5. The molecule has 0 unspecified atom stereocenters. The number of hydrogen-bond acceptors (Lipinski definition) is 7. The fourth-order valence-electron chi connectivity index (χ4n) is 7.66. The topological polar surface area (TPSA) is 77.2 Å². The zero-order valence-corrected chi connectivity index (χ0v) is 32.0. The van der Waals surface area contributed by atoms with Gasteiger partial charge >= 0.3 is 20.3 Å². The number of nitriles is 1. The lowest BCUT2D eigenvalue weighted by Gasteiger charge is -2.49. The molecule has 0 aliphatic carbocycles. The fraction of sp³-hybridized carbons (Fsp3) is 0.676. The Kier molecular flexibility index (Phi) is 13.9. The van der Waals surface area contributed by atoms with Crippen molar-refractivity contribution in [3.8, 4) is 6.07 Å². The summed E-state index contributed by atoms with van der Waals surface area (Å²) in [5.41, 5.74) is 3.97. The van der Waals surface area contributed by atoms with Crippen LogP contribution >= 0.6 is 31.9 Å². The van der Waals surface area contributed by atoms with Gasteiger partial charge in [-0.25, -0.2) is 0 Å². The van der Waals surface area contributed by atoms with Crippen molar-refractivity contribution in [2.24, 2.45) is 0 Å². The summed E-state index contributed by atoms with van der Waals surface area (Å²) in [4.78, 5) is 9.07. The highest BCUT2D eigenvalue weighted by molar-refractivity contribution is 9.28. The summed E-state index contributed by atoms with van der Waals surface area (Å²) in [6, 6.07) is 8.09. The Morgan fingerprint density at radius 2 is 1.21 bits per heavy atom. The Bertz CT molecular complexity index is 1310. The van der Waals surface area contributed by atoms with Crippen LogP contribution in [0.3, 0.4) is 0 Å². The van der Waals surface area contributed by atoms with Crippen LogP contribution in [-0.4, -0.2) is 107 Å². The minimum atomic E-state index is -4.29. The molecule has 0 aromatic heterocycles. The third-order valence-electron chi connectivity index (χ3n) is 11.3. The van der Waals surface area contributed by atoms with Crippen LogP contribution in [0.1, 0.15) is 76.3 Å². The molecule has 0 spiro atoms. The summed E-state index contributed by atoms with van der Waals surface area (Å²) in [5, 5.41) is 29.1. The van der Waals surface area contributed by atoms with Crippen molar-refractivity contribution in [3.05, 3.63) is 49.9 Å². The van der Waals surface area contributed by atoms with Gasteiger partial charge in [0.25, 0.3) is 0 Å². The lowest BCUT2D eigenvalue weighted by atomic mass is 9.77. The first kappa shape index (κ1) is 39.6. The molecular formula is C34H50B2Br2F3N5O2. The molecule has 4 heterocycles. The molecule has 0 amide bonds. The molecule has 0 bridgehead atoms. The molecule has 0 radical (unpaired) electrons. The molecular weight excluding hydrogens is 749 g/mol. The molecule has 4 saturated heterocycles. The van der Waals surface area contributed by atoms with E-state index in [-0.39, 0.29) is 18.1 Å². The van der Waals surface area contributed by atoms with Crippen LogP contribution < -0.4 is 0 Å². The monoisotopic (exact) mass is 797 g/mol. The molecule has 7 nitrogen and oxygen atoms in total. The van der Waals surface area contributed by atoms with Crippen molar-refractivity contribution in [3.63, 3.8) is 0 Å². The highest BCUT2D eigenvalue weighted by Gasteiger charge is 2.42. The highest BCUT2D eigenvalue weighted by atomic mass is 79.9. The van der Waals surface area contributed by atoms with E-state index in [9.17, 15) is 28.5 Å². The first-order valence-corrected chi connectivity index (χ1v) is 18.8. The maximum Gasteiger partial charge on any atom is 0.416 e. The van der Waals surface area contributed by atoms with Gasteiger partial charge in [-0.15, -0.1) is 0 Å². The van der Waals surface area contributed by atoms with E-state index >= 15 is 0 Å². The average Bonchev–Trinajstić information content (AvgIpc) is 3.08. The predicted octanol–water partition coefficient (Wildman–Crippen LogP) is 7.09. The highest BCUT2D eigenvalue weighted by Crippen LogP contribution is 2.37. The van der Waals surface area contributed by atoms with Gasteiger partial charge < -0.3 is 19.7 Å². The third kappa shape index (κ3) is 9.78. The van der Waals surface area contributed by atoms with E-state index in [1.54, 1.807) is 19.0 Å². The number of alkyl halides is 3. The van der Waals surface area contributed by atoms with Crippen molar-refractivity contribution in [2.75, 3.05) is 52.4 Å². The van der Waals surface area contributed by atoms with E-state index in [1.807, 2.05) is 18.6 Å². The van der Waals surface area contributed by atoms with E-state index in [0.717, 1.165) is 118 Å². The molecule has 1 aromatic rings. The van der Waals surface area contributed by atoms with Gasteiger partial charge in [-0.3, -0.25) is 9.80 Å². The average molecular weight is 799 g/mol. The minimum Gasteiger partial charge on any atom is -0.437 e. The maximum atomic E-state index is 12.8. The van der Waals surface area contributed by atoms with Crippen LogP contribution in [0.15, 0.2) is 38.8 Å². The summed E-state index contributed by atoms with van der Waals surface area (Å²) in [6.45, 7) is 15.2. The van der Waals surface area contributed by atoms with E-state index in [0.29, 0.717) is 0 Å². The van der Waals surface area contributed by atoms with Crippen molar-refractivity contribution in [1.82, 2.24) is 19.4 Å². The number of benzene rings is 1. The van der Waals surface area contributed by atoms with Crippen LogP contribution in [0, 0.1) is 11.3 Å². The SMILES string of the molecule is CB(O)N1CCC(C#N)(N2CCC(=C(Br)Br)CC2)CC1.CB(O)N1CCC(C)(N2CCC(=C(C)c3ccc(C(F)(F)F)cc3)CC2)CC1. The molecule has 4 aliphatic heterocycles. The number of nitrogens with zero attached hydrogens (tertiary/aromatic N) is 5. The number of likely N-dealkylation sites (tertiary alicyclic amines) is 2. The van der Waals surface area contributed by atoms with E-state index < -0.39 is 18.8 Å². The zero-order chi connectivity index (χ0) is 35.3. The van der Waals surface area contributed by atoms with Gasteiger partial charge in [-0.1, -0.05) is 17.7 Å². The van der Waals surface area contributed by atoms with Crippen LogP contribution in [-0.2, 0) is 6.18 Å². The number of halogens is 5. The standard InChI is InChI=1S/C21H30BF3N2O.C13H20BBr2N3O/c1-16(17-4-6-19(7-5-17)21(23,24)25)18-8-12-26(13-9-18)20(2)10-14-27(15-11-20)22(3)28;1-14(20)19-8-4-13(10-17,5-9-19)18-6-2-11(3-7-18)12(15)16/h4-7,28H,8-15H2,1-3H3;20H,2-9H2,1H3. The molecule has 0 saturated carbocycles. The van der Waals surface area contributed by atoms with Crippen molar-refractivity contribution in [2.45, 2.75) is 96.1 Å². The summed E-state index contributed by atoms with van der Waals surface area (Å²) in [5.74, 6) is 0. The number of piperidine rings is 4. The normalized spacial score (nSPS) is 22.7. The van der Waals surface area contributed by atoms with Crippen molar-refractivity contribution >= 4 is 51.5 Å². The number of allylic oxidation sites excluding steroid dienone is 1. The predicted molar refractivity (Wildman–Crippen MR) is 197 cm³/mol. The second kappa shape index (κ2) is 16.9. The van der Waals surface area contributed by atoms with Crippen LogP contribution in [0.5, 0.6) is 0 Å². The lowest BCUT2D eigenvalue weighted by Crippen LogP contribution is -2.58. The lowest BCUT2D eigenvalue weighted by molar-refractivity contribution is -0.137. The van der Waals surface area contributed by atoms with Gasteiger partial charge in [0, 0.05) is 31.7 Å². The Labute approximate surface area is 302 Å². The summed E-state index contributed by atoms with van der Waals surface area (Å²) >= 11 is 6.97. The second-order valence-corrected chi connectivity index (χ2v) is 16.8. The van der Waals surface area contributed by atoms with E-state index in [1.165, 1.54) is 23.3 Å². The first-order valence-electron chi connectivity index (χ1n) is 17.2. The molecule has 1 aromatic carbocycles. The van der Waals surface area contributed by atoms with Crippen molar-refractivity contribution in [1.29, 1.82) is 5.26 Å². The summed E-state index contributed by atoms with van der Waals surface area (Å²) in [6.07, 6.45) is 3.40. The summed E-state index contributed by atoms with van der Waals surface area (Å²) < 4.78 is 39.4. The van der Waals surface area contributed by atoms with Crippen molar-refractivity contribution < 1.29 is 23.2 Å². The third-order valence-corrected chi connectivity index (χ3v) is 12.4. The molecule has 14 heteroatoms. The van der Waals surface area contributed by atoms with Gasteiger partial charge in [0.05, 0.1) is 15.0 Å². The maximum absolute atomic E-state index is 12.8. The van der Waals surface area contributed by atoms with E-state index in [4.69, 9.17) is 0 Å². The quantitative estimate of drug-likeness (QED) is 0.309. The Balaban J connectivity index is 0.000000229. The molecule has 5 rings (SSSR count). The van der Waals surface area contributed by atoms with Gasteiger partial charge in [-0.05, 0) is 166 Å². The molecule has 264 valence electrons. The van der Waals surface area contributed by atoms with Gasteiger partial charge in [0.1, 0.15) is 5.54 Å². The second-order valence-electron chi connectivity index (χ2n) is 14.1. The van der Waals surface area contributed by atoms with Crippen LogP contribution in [0.4, 0.5) is 13.2 Å². The molecule has 0 atom stereocenters. The minimum absolute atomic E-state index is 0.166. The summed E-state index contributed by atoms with van der Waals surface area (Å²) in [7, 11) is -0.793. The zero-order valence-electron chi connectivity index (χ0n) is 28.8. The Hall–Kier alpha value is -1.17. The molecule has 4 aliphatic rings. The number of hydrogen-bond donors (Lipinski definition) is 2. The first-order chi connectivity index (χ1) is 22.6. The smallest absolute Gasteiger partial charge is 0.416 e. The molecule has 48 heavy (non-hydrogen) atoms. The molecule has 2 N–H and O–H groups in total. The largest absolute Gasteiger partial charge is 0.437 e. The fourth-order valence-corrected chi connectivity index (χ4v) is 8.45. The van der Waals surface area contributed by atoms with Gasteiger partial charge in [0.15, 0.2) is 0 Å². The molecule has 4 fully saturated rings. The Morgan fingerprint density at radius 1 is 0.771 bits per heavy atom. The van der Waals surface area contributed by atoms with Gasteiger partial charge in [-0.2, -0.15) is 18.4 Å². The Morgan fingerprint density at radius 3 is 1.62 bits per heavy atom.